The van der Waals surface area contributed by atoms with Gasteiger partial charge in [0, 0.05) is 42.6 Å². The highest BCUT2D eigenvalue weighted by molar-refractivity contribution is 7.90. The van der Waals surface area contributed by atoms with Gasteiger partial charge < -0.3 is 18.6 Å². The largest absolute Gasteiger partial charge is 0.469 e. The fraction of sp³-hybridized carbons (Fsp3) is 0.357. The quantitative estimate of drug-likeness (QED) is 0.0711. The van der Waals surface area contributed by atoms with Crippen LogP contribution in [0.1, 0.15) is 69.7 Å². The lowest BCUT2D eigenvalue weighted by Gasteiger charge is -2.39. The Labute approximate surface area is 324 Å². The van der Waals surface area contributed by atoms with Crippen molar-refractivity contribution in [2.45, 2.75) is 82.6 Å². The Morgan fingerprint density at radius 2 is 1.36 bits per heavy atom. The number of amides is 1. The molecular weight excluding hydrogens is 743 g/mol. The van der Waals surface area contributed by atoms with Crippen molar-refractivity contribution in [2.75, 3.05) is 25.3 Å². The summed E-state index contributed by atoms with van der Waals surface area (Å²) in [5, 5.41) is -0.189. The first-order valence-corrected chi connectivity index (χ1v) is 22.7. The molecule has 4 aromatic rings. The van der Waals surface area contributed by atoms with Gasteiger partial charge in [0.1, 0.15) is 17.3 Å². The number of allylic oxidation sites excluding steroid dienone is 1. The molecule has 9 nitrogen and oxygen atoms in total. The normalized spacial score (nSPS) is 13.0. The first-order chi connectivity index (χ1) is 25.5. The average Bonchev–Trinajstić information content (AvgIpc) is 3.45. The van der Waals surface area contributed by atoms with Crippen molar-refractivity contribution in [3.05, 3.63) is 102 Å². The van der Waals surface area contributed by atoms with Crippen LogP contribution in [0.5, 0.6) is 0 Å². The molecule has 0 aliphatic heterocycles. The second kappa shape index (κ2) is 17.0. The molecule has 13 heteroatoms. The number of halogens is 2. The molecule has 1 aromatic heterocycles. The van der Waals surface area contributed by atoms with E-state index >= 15 is 0 Å². The summed E-state index contributed by atoms with van der Waals surface area (Å²) >= 11 is 0. The van der Waals surface area contributed by atoms with E-state index in [0.29, 0.717) is 33.6 Å². The molecule has 4 rings (SSSR count). The van der Waals surface area contributed by atoms with Crippen LogP contribution in [-0.2, 0) is 28.6 Å². The van der Waals surface area contributed by atoms with Crippen LogP contribution in [0, 0.1) is 11.6 Å². The number of benzene rings is 3. The van der Waals surface area contributed by atoms with Crippen LogP contribution in [0.2, 0.25) is 18.1 Å². The van der Waals surface area contributed by atoms with E-state index < -0.39 is 47.8 Å². The van der Waals surface area contributed by atoms with E-state index in [2.05, 4.69) is 20.8 Å². The number of nitrogens with zero attached hydrogens (tertiary/aromatic N) is 2. The summed E-state index contributed by atoms with van der Waals surface area (Å²) in [5.74, 6) is -2.29. The molecule has 1 heterocycles. The number of anilines is 1. The van der Waals surface area contributed by atoms with Gasteiger partial charge in [-0.05, 0) is 104 Å². The lowest BCUT2D eigenvalue weighted by Crippen LogP contribution is -2.44. The second-order valence-electron chi connectivity index (χ2n) is 15.4. The van der Waals surface area contributed by atoms with E-state index in [9.17, 15) is 31.6 Å². The third kappa shape index (κ3) is 10.1. The Hall–Kier alpha value is -4.72. The third-order valence-corrected chi connectivity index (χ3v) is 15.6. The van der Waals surface area contributed by atoms with Crippen LogP contribution >= 0.6 is 0 Å². The number of rotatable bonds is 14. The van der Waals surface area contributed by atoms with Gasteiger partial charge in [0.05, 0.1) is 30.2 Å². The van der Waals surface area contributed by atoms with Crippen LogP contribution in [0.15, 0.2) is 83.8 Å². The highest BCUT2D eigenvalue weighted by Crippen LogP contribution is 2.44. The van der Waals surface area contributed by atoms with Gasteiger partial charge in [-0.2, -0.15) is 0 Å². The van der Waals surface area contributed by atoms with E-state index in [0.717, 1.165) is 6.26 Å². The van der Waals surface area contributed by atoms with Crippen LogP contribution in [0.3, 0.4) is 0 Å². The molecular formula is C42H50F2N2O7SSi. The molecule has 1 atom stereocenters. The molecule has 0 saturated heterocycles. The fourth-order valence-electron chi connectivity index (χ4n) is 6.00. The Kier molecular flexibility index (Phi) is 13.3. The smallest absolute Gasteiger partial charge is 0.308 e. The number of hydrogen-bond donors (Lipinski definition) is 0. The van der Waals surface area contributed by atoms with Gasteiger partial charge in [-0.3, -0.25) is 14.4 Å². The maximum absolute atomic E-state index is 14.8. The van der Waals surface area contributed by atoms with Crippen molar-refractivity contribution in [1.29, 1.82) is 0 Å². The monoisotopic (exact) mass is 792 g/mol. The summed E-state index contributed by atoms with van der Waals surface area (Å²) in [5.41, 5.74) is 3.00. The maximum atomic E-state index is 14.8. The van der Waals surface area contributed by atoms with Gasteiger partial charge >= 0.3 is 5.97 Å². The number of carbonyl (C=O) groups is 3. The number of hydrogen-bond acceptors (Lipinski definition) is 7. The number of sulfone groups is 1. The molecule has 1 amide bonds. The van der Waals surface area contributed by atoms with Crippen molar-refractivity contribution in [1.82, 2.24) is 4.57 Å². The van der Waals surface area contributed by atoms with Crippen LogP contribution in [-0.4, -0.2) is 65.5 Å². The summed E-state index contributed by atoms with van der Waals surface area (Å²) in [6.07, 6.45) is 3.11. The number of carbonyl (C=O) groups excluding carboxylic acids is 3. The van der Waals surface area contributed by atoms with Crippen LogP contribution in [0.25, 0.3) is 28.3 Å². The van der Waals surface area contributed by atoms with Crippen molar-refractivity contribution >= 4 is 47.6 Å². The summed E-state index contributed by atoms with van der Waals surface area (Å²) in [6, 6.07) is 16.9. The van der Waals surface area contributed by atoms with Crippen molar-refractivity contribution in [3.63, 3.8) is 0 Å². The first kappa shape index (κ1) is 43.0. The van der Waals surface area contributed by atoms with Crippen molar-refractivity contribution < 1.29 is 40.7 Å². The highest BCUT2D eigenvalue weighted by atomic mass is 32.2. The Balaban J connectivity index is 1.96. The SMILES string of the molecule is COC(=O)C[C@@H](CC(=O)C=Cc1c(-c2ccc(F)cc2)c(-c2ccc(F)cc2)c(C(=O)N(C)c2ccc(S(C)(=O)=O)cc2)n1C(C)C)O[Si](C)(C)C(C)(C)C. The number of methoxy groups -OCH3 is 1. The summed E-state index contributed by atoms with van der Waals surface area (Å²) in [4.78, 5) is 42.5. The second-order valence-corrected chi connectivity index (χ2v) is 22.1. The minimum absolute atomic E-state index is 0.0916. The number of esters is 1. The highest BCUT2D eigenvalue weighted by Gasteiger charge is 2.40. The molecule has 294 valence electrons. The molecule has 0 radical (unpaired) electrons. The van der Waals surface area contributed by atoms with E-state index in [1.807, 2.05) is 26.9 Å². The van der Waals surface area contributed by atoms with Crippen LogP contribution in [0.4, 0.5) is 14.5 Å². The lowest BCUT2D eigenvalue weighted by molar-refractivity contribution is -0.142. The van der Waals surface area contributed by atoms with Gasteiger partial charge in [-0.1, -0.05) is 45.0 Å². The number of ketones is 1. The number of ether oxygens (including phenoxy) is 1. The van der Waals surface area contributed by atoms with E-state index in [4.69, 9.17) is 9.16 Å². The third-order valence-electron chi connectivity index (χ3n) is 9.93. The molecule has 0 unspecified atom stereocenters. The van der Waals surface area contributed by atoms with Crippen molar-refractivity contribution in [3.8, 4) is 22.3 Å². The van der Waals surface area contributed by atoms with E-state index in [1.54, 1.807) is 42.0 Å². The molecule has 0 aliphatic rings. The summed E-state index contributed by atoms with van der Waals surface area (Å²) in [7, 11) is -3.06. The predicted octanol–water partition coefficient (Wildman–Crippen LogP) is 9.29. The van der Waals surface area contributed by atoms with Gasteiger partial charge in [0.15, 0.2) is 23.9 Å². The molecule has 55 heavy (non-hydrogen) atoms. The van der Waals surface area contributed by atoms with Crippen LogP contribution < -0.4 is 4.90 Å². The Bertz CT molecular complexity index is 2170. The maximum Gasteiger partial charge on any atom is 0.308 e. The van der Waals surface area contributed by atoms with Gasteiger partial charge in [-0.25, -0.2) is 17.2 Å². The zero-order valence-corrected chi connectivity index (χ0v) is 34.9. The standard InChI is InChI=1S/C42H50F2N2O7SSi/c1-27(2)46-36(24-21-33(47)25-34(26-37(48)52-7)53-55(9,10)42(3,4)5)38(28-11-15-30(43)16-12-28)39(29-13-17-31(44)18-14-29)40(46)41(49)45(6)32-19-22-35(23-20-32)54(8,50)51/h11-24,27,34H,25-26H2,1-10H3/t34-/m1/s1. The molecule has 3 aromatic carbocycles. The topological polar surface area (TPSA) is 112 Å². The molecule has 0 bridgehead atoms. The summed E-state index contributed by atoms with van der Waals surface area (Å²) in [6.45, 7) is 14.0. The average molecular weight is 793 g/mol. The molecule has 0 aliphatic carbocycles. The summed E-state index contributed by atoms with van der Waals surface area (Å²) < 4.78 is 66.2. The molecule has 0 saturated carbocycles. The number of aromatic nitrogens is 1. The van der Waals surface area contributed by atoms with Gasteiger partial charge in [-0.15, -0.1) is 0 Å². The minimum atomic E-state index is -3.49. The van der Waals surface area contributed by atoms with Crippen molar-refractivity contribution in [2.24, 2.45) is 0 Å². The fourth-order valence-corrected chi connectivity index (χ4v) is 7.98. The zero-order chi connectivity index (χ0) is 41.0. The Morgan fingerprint density at radius 1 is 0.855 bits per heavy atom. The molecule has 0 fully saturated rings. The zero-order valence-electron chi connectivity index (χ0n) is 33.1. The van der Waals surface area contributed by atoms with Gasteiger partial charge in [0.25, 0.3) is 5.91 Å². The van der Waals surface area contributed by atoms with E-state index in [1.165, 1.54) is 66.6 Å². The first-order valence-electron chi connectivity index (χ1n) is 17.9. The molecule has 0 N–H and O–H groups in total. The van der Waals surface area contributed by atoms with E-state index in [-0.39, 0.29) is 40.3 Å². The van der Waals surface area contributed by atoms with Gasteiger partial charge in [0.2, 0.25) is 0 Å². The molecule has 0 spiro atoms. The lowest BCUT2D eigenvalue weighted by atomic mass is 9.94. The Morgan fingerprint density at radius 3 is 1.82 bits per heavy atom. The minimum Gasteiger partial charge on any atom is -0.469 e. The predicted molar refractivity (Wildman–Crippen MR) is 215 cm³/mol.